The topological polar surface area (TPSA) is 26.0 Å². The molecule has 0 saturated carbocycles. The van der Waals surface area contributed by atoms with Gasteiger partial charge in [0.1, 0.15) is 0 Å². The van der Waals surface area contributed by atoms with E-state index >= 15 is 0 Å². The molecule has 1 aromatic rings. The number of hydrogen-bond acceptors (Lipinski definition) is 1. The predicted molar refractivity (Wildman–Crippen MR) is 80.1 cm³/mol. The van der Waals surface area contributed by atoms with Gasteiger partial charge < -0.3 is 5.73 Å². The average molecular weight is 241 g/mol. The third-order valence-corrected chi connectivity index (χ3v) is 3.04. The van der Waals surface area contributed by atoms with Crippen LogP contribution in [-0.2, 0) is 0 Å². The van der Waals surface area contributed by atoms with E-state index in [9.17, 15) is 0 Å². The minimum atomic E-state index is 0.972. The molecule has 96 valence electrons. The molecule has 0 atom stereocenters. The highest BCUT2D eigenvalue weighted by molar-refractivity contribution is 5.45. The first kappa shape index (κ1) is 14.3. The maximum absolute atomic E-state index is 5.87. The van der Waals surface area contributed by atoms with Crippen LogP contribution in [0.25, 0.3) is 0 Å². The van der Waals surface area contributed by atoms with Crippen LogP contribution >= 0.6 is 0 Å². The van der Waals surface area contributed by atoms with Crippen LogP contribution < -0.4 is 5.73 Å². The van der Waals surface area contributed by atoms with Crippen molar-refractivity contribution in [3.05, 3.63) is 70.5 Å². The molecule has 1 aromatic carbocycles. The summed E-state index contributed by atoms with van der Waals surface area (Å²) in [5, 5.41) is 0. The second-order valence-electron chi connectivity index (χ2n) is 4.88. The molecule has 0 spiro atoms. The molecule has 2 rings (SSSR count). The highest BCUT2D eigenvalue weighted by atomic mass is 14.6. The lowest BCUT2D eigenvalue weighted by Crippen LogP contribution is -2.07. The van der Waals surface area contributed by atoms with E-state index in [1.165, 1.54) is 22.3 Å². The predicted octanol–water partition coefficient (Wildman–Crippen LogP) is 4.59. The van der Waals surface area contributed by atoms with Crippen molar-refractivity contribution < 1.29 is 0 Å². The van der Waals surface area contributed by atoms with E-state index < -0.39 is 0 Å². The minimum Gasteiger partial charge on any atom is -0.399 e. The molecule has 0 aromatic heterocycles. The fourth-order valence-corrected chi connectivity index (χ4v) is 1.81. The van der Waals surface area contributed by atoms with Crippen molar-refractivity contribution in [1.29, 1.82) is 0 Å². The summed E-state index contributed by atoms with van der Waals surface area (Å²) in [6, 6.07) is 12.0. The molecule has 1 aliphatic rings. The van der Waals surface area contributed by atoms with Gasteiger partial charge in [-0.15, -0.1) is 0 Å². The fraction of sp³-hybridized carbons (Fsp3) is 0.294. The second-order valence-corrected chi connectivity index (χ2v) is 4.88. The Labute approximate surface area is 111 Å². The van der Waals surface area contributed by atoms with Crippen LogP contribution in [0.4, 0.5) is 0 Å². The van der Waals surface area contributed by atoms with Crippen molar-refractivity contribution in [3.63, 3.8) is 0 Å². The lowest BCUT2D eigenvalue weighted by molar-refractivity contribution is 1.02. The summed E-state index contributed by atoms with van der Waals surface area (Å²) in [6.45, 7) is 8.47. The van der Waals surface area contributed by atoms with Crippen LogP contribution in [0.3, 0.4) is 0 Å². The van der Waals surface area contributed by atoms with Crippen molar-refractivity contribution in [2.45, 2.75) is 34.1 Å². The van der Waals surface area contributed by atoms with Gasteiger partial charge in [0.25, 0.3) is 0 Å². The molecule has 0 bridgehead atoms. The molecule has 1 nitrogen and oxygen atoms in total. The van der Waals surface area contributed by atoms with Gasteiger partial charge in [-0.3, -0.25) is 0 Å². The van der Waals surface area contributed by atoms with Crippen molar-refractivity contribution in [2.75, 3.05) is 0 Å². The quantitative estimate of drug-likeness (QED) is 0.706. The van der Waals surface area contributed by atoms with Crippen LogP contribution in [0.2, 0.25) is 0 Å². The van der Waals surface area contributed by atoms with E-state index in [4.69, 9.17) is 5.73 Å². The Morgan fingerprint density at radius 3 is 1.72 bits per heavy atom. The molecule has 0 aliphatic heterocycles. The molecular formula is C17H23N. The SMILES string of the molecule is CC1=CC(=C(C)C)CC(C)=C1N.c1ccccc1. The largest absolute Gasteiger partial charge is 0.399 e. The summed E-state index contributed by atoms with van der Waals surface area (Å²) in [7, 11) is 0. The second kappa shape index (κ2) is 6.85. The van der Waals surface area contributed by atoms with E-state index in [1.807, 2.05) is 36.4 Å². The van der Waals surface area contributed by atoms with Crippen molar-refractivity contribution in [2.24, 2.45) is 5.73 Å². The maximum atomic E-state index is 5.87. The number of rotatable bonds is 0. The monoisotopic (exact) mass is 241 g/mol. The zero-order valence-corrected chi connectivity index (χ0v) is 11.8. The summed E-state index contributed by atoms with van der Waals surface area (Å²) in [4.78, 5) is 0. The molecular weight excluding hydrogens is 218 g/mol. The maximum Gasteiger partial charge on any atom is 0.0336 e. The fourth-order valence-electron chi connectivity index (χ4n) is 1.81. The Hall–Kier alpha value is -1.76. The van der Waals surface area contributed by atoms with Crippen LogP contribution in [-0.4, -0.2) is 0 Å². The summed E-state index contributed by atoms with van der Waals surface area (Å²) < 4.78 is 0. The Bertz CT molecular complexity index is 445. The van der Waals surface area contributed by atoms with E-state index in [1.54, 1.807) is 0 Å². The molecule has 0 fully saturated rings. The van der Waals surface area contributed by atoms with E-state index in [0.717, 1.165) is 12.1 Å². The van der Waals surface area contributed by atoms with Crippen molar-refractivity contribution in [3.8, 4) is 0 Å². The summed E-state index contributed by atoms with van der Waals surface area (Å²) in [5.74, 6) is 0. The third-order valence-electron chi connectivity index (χ3n) is 3.04. The molecule has 0 saturated heterocycles. The van der Waals surface area contributed by atoms with Crippen molar-refractivity contribution in [1.82, 2.24) is 0 Å². The van der Waals surface area contributed by atoms with E-state index in [0.29, 0.717) is 0 Å². The summed E-state index contributed by atoms with van der Waals surface area (Å²) >= 11 is 0. The van der Waals surface area contributed by atoms with Gasteiger partial charge in [-0.2, -0.15) is 0 Å². The van der Waals surface area contributed by atoms with Gasteiger partial charge in [0.05, 0.1) is 0 Å². The number of allylic oxidation sites excluding steroid dienone is 5. The molecule has 2 N–H and O–H groups in total. The van der Waals surface area contributed by atoms with Gasteiger partial charge in [0.15, 0.2) is 0 Å². The molecule has 18 heavy (non-hydrogen) atoms. The Balaban J connectivity index is 0.000000225. The number of nitrogens with two attached hydrogens (primary N) is 1. The first-order valence-electron chi connectivity index (χ1n) is 6.32. The van der Waals surface area contributed by atoms with Crippen LogP contribution in [0.5, 0.6) is 0 Å². The average Bonchev–Trinajstić information content (AvgIpc) is 2.38. The third kappa shape index (κ3) is 4.25. The first-order valence-corrected chi connectivity index (χ1v) is 6.32. The zero-order valence-electron chi connectivity index (χ0n) is 11.8. The van der Waals surface area contributed by atoms with Gasteiger partial charge in [0, 0.05) is 5.70 Å². The molecule has 0 radical (unpaired) electrons. The normalized spacial score (nSPS) is 14.7. The standard InChI is InChI=1S/C11H17N.C6H6/c1-7(2)10-5-8(3)11(12)9(4)6-10;1-2-4-6-5-3-1/h5H,6,12H2,1-4H3;1-6H. The van der Waals surface area contributed by atoms with Crippen LogP contribution in [0, 0.1) is 0 Å². The highest BCUT2D eigenvalue weighted by Gasteiger charge is 2.10. The molecule has 1 aliphatic carbocycles. The molecule has 0 amide bonds. The lowest BCUT2D eigenvalue weighted by atomic mass is 9.92. The molecule has 1 heteroatoms. The zero-order chi connectivity index (χ0) is 13.5. The molecule has 0 unspecified atom stereocenters. The van der Waals surface area contributed by atoms with Gasteiger partial charge in [0.2, 0.25) is 0 Å². The summed E-state index contributed by atoms with van der Waals surface area (Å²) in [5.41, 5.74) is 12.2. The number of benzene rings is 1. The van der Waals surface area contributed by atoms with E-state index in [2.05, 4.69) is 33.8 Å². The van der Waals surface area contributed by atoms with Crippen molar-refractivity contribution >= 4 is 0 Å². The van der Waals surface area contributed by atoms with Gasteiger partial charge in [-0.1, -0.05) is 48.0 Å². The van der Waals surface area contributed by atoms with Crippen LogP contribution in [0.15, 0.2) is 70.5 Å². The Morgan fingerprint density at radius 2 is 1.39 bits per heavy atom. The number of hydrogen-bond donors (Lipinski definition) is 1. The Kier molecular flexibility index (Phi) is 5.44. The van der Waals surface area contributed by atoms with E-state index in [-0.39, 0.29) is 0 Å². The smallest absolute Gasteiger partial charge is 0.0336 e. The Morgan fingerprint density at radius 1 is 0.944 bits per heavy atom. The van der Waals surface area contributed by atoms with Gasteiger partial charge in [-0.05, 0) is 50.8 Å². The molecule has 0 heterocycles. The van der Waals surface area contributed by atoms with Crippen LogP contribution in [0.1, 0.15) is 34.1 Å². The van der Waals surface area contributed by atoms with Gasteiger partial charge in [-0.25, -0.2) is 0 Å². The first-order chi connectivity index (χ1) is 8.52. The summed E-state index contributed by atoms with van der Waals surface area (Å²) in [6.07, 6.45) is 3.21. The van der Waals surface area contributed by atoms with Gasteiger partial charge >= 0.3 is 0 Å². The minimum absolute atomic E-state index is 0.972. The highest BCUT2D eigenvalue weighted by Crippen LogP contribution is 2.26. The lowest BCUT2D eigenvalue weighted by Gasteiger charge is -2.17.